The lowest BCUT2D eigenvalue weighted by molar-refractivity contribution is 0.274. The van der Waals surface area contributed by atoms with E-state index in [1.54, 1.807) is 0 Å². The van der Waals surface area contributed by atoms with E-state index < -0.39 is 0 Å². The van der Waals surface area contributed by atoms with Crippen LogP contribution in [0.5, 0.6) is 0 Å². The molecule has 4 heteroatoms. The summed E-state index contributed by atoms with van der Waals surface area (Å²) in [5.41, 5.74) is 10.5. The van der Waals surface area contributed by atoms with Gasteiger partial charge in [0, 0.05) is 29.7 Å². The van der Waals surface area contributed by atoms with Gasteiger partial charge < -0.3 is 10.3 Å². The van der Waals surface area contributed by atoms with E-state index in [9.17, 15) is 0 Å². The Morgan fingerprint density at radius 2 is 2.32 bits per heavy atom. The lowest BCUT2D eigenvalue weighted by Gasteiger charge is -2.35. The number of rotatable bonds is 2. The van der Waals surface area contributed by atoms with Crippen LogP contribution in [-0.4, -0.2) is 14.8 Å². The summed E-state index contributed by atoms with van der Waals surface area (Å²) in [4.78, 5) is 0. The van der Waals surface area contributed by atoms with E-state index in [4.69, 9.17) is 5.73 Å². The zero-order chi connectivity index (χ0) is 13.6. The average molecular weight is 258 g/mol. The van der Waals surface area contributed by atoms with Crippen LogP contribution in [0.4, 0.5) is 0 Å². The molecule has 2 atom stereocenters. The second-order valence-electron chi connectivity index (χ2n) is 6.48. The molecular formula is C15H22N4. The molecule has 3 rings (SSSR count). The number of aromatic amines is 1. The monoisotopic (exact) mass is 258 g/mol. The predicted molar refractivity (Wildman–Crippen MR) is 75.9 cm³/mol. The Labute approximate surface area is 114 Å². The van der Waals surface area contributed by atoms with E-state index in [0.717, 1.165) is 12.8 Å². The van der Waals surface area contributed by atoms with Crippen molar-refractivity contribution < 1.29 is 0 Å². The van der Waals surface area contributed by atoms with Gasteiger partial charge in [-0.3, -0.25) is 5.10 Å². The van der Waals surface area contributed by atoms with E-state index in [2.05, 4.69) is 47.8 Å². The minimum atomic E-state index is 0.163. The fraction of sp³-hybridized carbons (Fsp3) is 0.533. The van der Waals surface area contributed by atoms with Crippen LogP contribution < -0.4 is 5.73 Å². The summed E-state index contributed by atoms with van der Waals surface area (Å²) in [5.74, 6) is 0. The van der Waals surface area contributed by atoms with Gasteiger partial charge in [-0.15, -0.1) is 0 Å². The molecule has 1 aliphatic carbocycles. The summed E-state index contributed by atoms with van der Waals surface area (Å²) in [7, 11) is 0. The number of hydrogen-bond acceptors (Lipinski definition) is 2. The van der Waals surface area contributed by atoms with E-state index in [0.29, 0.717) is 6.04 Å². The smallest absolute Gasteiger partial charge is 0.0585 e. The topological polar surface area (TPSA) is 59.6 Å². The van der Waals surface area contributed by atoms with Crippen molar-refractivity contribution in [3.05, 3.63) is 41.5 Å². The van der Waals surface area contributed by atoms with E-state index in [1.165, 1.54) is 16.8 Å². The third kappa shape index (κ3) is 2.10. The fourth-order valence-electron chi connectivity index (χ4n) is 3.27. The standard InChI is InChI=1S/C15H22N4/c1-10(11-8-17-18-9-11)19-5-4-12-13(16)6-15(2,3)7-14(12)19/h4-5,8-10,13H,6-7,16H2,1-3H3,(H,17,18). The molecule has 2 aromatic heterocycles. The highest BCUT2D eigenvalue weighted by Crippen LogP contribution is 2.41. The highest BCUT2D eigenvalue weighted by molar-refractivity contribution is 5.32. The van der Waals surface area contributed by atoms with Crippen molar-refractivity contribution in [1.29, 1.82) is 0 Å². The molecule has 0 bridgehead atoms. The third-order valence-electron chi connectivity index (χ3n) is 4.30. The largest absolute Gasteiger partial charge is 0.344 e. The van der Waals surface area contributed by atoms with Crippen molar-refractivity contribution in [1.82, 2.24) is 14.8 Å². The van der Waals surface area contributed by atoms with Crippen molar-refractivity contribution in [2.75, 3.05) is 0 Å². The normalized spacial score (nSPS) is 23.1. The van der Waals surface area contributed by atoms with Crippen molar-refractivity contribution in [2.24, 2.45) is 11.1 Å². The minimum Gasteiger partial charge on any atom is -0.344 e. The lowest BCUT2D eigenvalue weighted by Crippen LogP contribution is -2.31. The Morgan fingerprint density at radius 1 is 1.53 bits per heavy atom. The molecule has 0 fully saturated rings. The Kier molecular flexibility index (Phi) is 2.78. The van der Waals surface area contributed by atoms with Gasteiger partial charge >= 0.3 is 0 Å². The summed E-state index contributed by atoms with van der Waals surface area (Å²) >= 11 is 0. The Bertz CT molecular complexity index is 565. The van der Waals surface area contributed by atoms with Gasteiger partial charge in [-0.25, -0.2) is 0 Å². The second kappa shape index (κ2) is 4.23. The maximum Gasteiger partial charge on any atom is 0.0585 e. The maximum absolute atomic E-state index is 6.32. The first-order valence-electron chi connectivity index (χ1n) is 6.92. The van der Waals surface area contributed by atoms with Crippen molar-refractivity contribution >= 4 is 0 Å². The minimum absolute atomic E-state index is 0.163. The van der Waals surface area contributed by atoms with Crippen molar-refractivity contribution in [3.8, 4) is 0 Å². The molecule has 0 amide bonds. The molecule has 19 heavy (non-hydrogen) atoms. The molecule has 1 aliphatic rings. The second-order valence-corrected chi connectivity index (χ2v) is 6.48. The first-order chi connectivity index (χ1) is 8.98. The van der Waals surface area contributed by atoms with Gasteiger partial charge in [0.15, 0.2) is 0 Å². The van der Waals surface area contributed by atoms with Crippen LogP contribution in [0.3, 0.4) is 0 Å². The van der Waals surface area contributed by atoms with Gasteiger partial charge in [-0.05, 0) is 36.8 Å². The Morgan fingerprint density at radius 3 is 3.00 bits per heavy atom. The van der Waals surface area contributed by atoms with Crippen LogP contribution >= 0.6 is 0 Å². The molecule has 4 nitrogen and oxygen atoms in total. The van der Waals surface area contributed by atoms with Gasteiger partial charge in [-0.2, -0.15) is 5.10 Å². The zero-order valence-corrected chi connectivity index (χ0v) is 11.9. The first kappa shape index (κ1) is 12.5. The van der Waals surface area contributed by atoms with Gasteiger partial charge in [-0.1, -0.05) is 13.8 Å². The number of nitrogens with zero attached hydrogens (tertiary/aromatic N) is 2. The van der Waals surface area contributed by atoms with Crippen LogP contribution in [0.25, 0.3) is 0 Å². The molecule has 3 N–H and O–H groups in total. The molecule has 0 radical (unpaired) electrons. The van der Waals surface area contributed by atoms with Crippen LogP contribution in [0.1, 0.15) is 56.1 Å². The molecule has 0 saturated heterocycles. The van der Waals surface area contributed by atoms with Gasteiger partial charge in [0.25, 0.3) is 0 Å². The summed E-state index contributed by atoms with van der Waals surface area (Å²) in [6.45, 7) is 6.81. The molecule has 0 spiro atoms. The average Bonchev–Trinajstić information content (AvgIpc) is 2.94. The van der Waals surface area contributed by atoms with Crippen molar-refractivity contribution in [2.45, 2.75) is 45.7 Å². The van der Waals surface area contributed by atoms with Crippen molar-refractivity contribution in [3.63, 3.8) is 0 Å². The number of hydrogen-bond donors (Lipinski definition) is 2. The quantitative estimate of drug-likeness (QED) is 0.870. The summed E-state index contributed by atoms with van der Waals surface area (Å²) in [6.07, 6.45) is 8.18. The van der Waals surface area contributed by atoms with Gasteiger partial charge in [0.2, 0.25) is 0 Å². The molecule has 102 valence electrons. The highest BCUT2D eigenvalue weighted by Gasteiger charge is 2.33. The predicted octanol–water partition coefficient (Wildman–Crippen LogP) is 2.79. The van der Waals surface area contributed by atoms with Crippen LogP contribution in [0.15, 0.2) is 24.7 Å². The van der Waals surface area contributed by atoms with E-state index in [-0.39, 0.29) is 11.5 Å². The number of nitrogens with two attached hydrogens (primary N) is 1. The van der Waals surface area contributed by atoms with E-state index in [1.807, 2.05) is 12.4 Å². The van der Waals surface area contributed by atoms with Crippen LogP contribution in [0, 0.1) is 5.41 Å². The summed E-state index contributed by atoms with van der Waals surface area (Å²) < 4.78 is 2.35. The molecule has 0 saturated carbocycles. The summed E-state index contributed by atoms with van der Waals surface area (Å²) in [6, 6.07) is 2.64. The van der Waals surface area contributed by atoms with E-state index >= 15 is 0 Å². The fourth-order valence-corrected chi connectivity index (χ4v) is 3.27. The van der Waals surface area contributed by atoms with Gasteiger partial charge in [0.1, 0.15) is 0 Å². The Balaban J connectivity index is 2.01. The highest BCUT2D eigenvalue weighted by atomic mass is 15.1. The molecule has 0 aromatic carbocycles. The number of nitrogens with one attached hydrogen (secondary N) is 1. The lowest BCUT2D eigenvalue weighted by atomic mass is 9.74. The molecule has 2 aromatic rings. The third-order valence-corrected chi connectivity index (χ3v) is 4.30. The number of aromatic nitrogens is 3. The molecule has 2 unspecified atom stereocenters. The molecule has 2 heterocycles. The SMILES string of the molecule is CC(c1cn[nH]c1)n1ccc2c1CC(C)(C)CC2N. The van der Waals surface area contributed by atoms with Gasteiger partial charge in [0.05, 0.1) is 12.2 Å². The molecular weight excluding hydrogens is 236 g/mol. The van der Waals surface area contributed by atoms with Crippen LogP contribution in [0.2, 0.25) is 0 Å². The zero-order valence-electron chi connectivity index (χ0n) is 11.9. The Hall–Kier alpha value is -1.55. The maximum atomic E-state index is 6.32. The summed E-state index contributed by atoms with van der Waals surface area (Å²) in [5, 5.41) is 6.94. The number of fused-ring (bicyclic) bond motifs is 1. The first-order valence-corrected chi connectivity index (χ1v) is 6.92. The number of H-pyrrole nitrogens is 1. The molecule has 0 aliphatic heterocycles. The van der Waals surface area contributed by atoms with Crippen LogP contribution in [-0.2, 0) is 6.42 Å².